The normalized spacial score (nSPS) is 18.1. The lowest BCUT2D eigenvalue weighted by molar-refractivity contribution is -0.0341. The van der Waals surface area contributed by atoms with E-state index in [1.165, 1.54) is 6.42 Å². The number of rotatable bonds is 4. The van der Waals surface area contributed by atoms with Crippen molar-refractivity contribution in [1.82, 2.24) is 0 Å². The van der Waals surface area contributed by atoms with E-state index in [9.17, 15) is 9.90 Å². The Morgan fingerprint density at radius 2 is 2.05 bits per heavy atom. The molecule has 1 N–H and O–H groups in total. The van der Waals surface area contributed by atoms with E-state index in [4.69, 9.17) is 4.74 Å². The van der Waals surface area contributed by atoms with Gasteiger partial charge in [-0.2, -0.15) is 0 Å². The summed E-state index contributed by atoms with van der Waals surface area (Å²) in [6.07, 6.45) is 5.61. The van der Waals surface area contributed by atoms with Crippen LogP contribution in [0, 0.1) is 6.92 Å². The van der Waals surface area contributed by atoms with E-state index in [2.05, 4.69) is 15.9 Å². The largest absolute Gasteiger partial charge is 0.490 e. The van der Waals surface area contributed by atoms with Crippen molar-refractivity contribution in [3.63, 3.8) is 0 Å². The fourth-order valence-electron chi connectivity index (χ4n) is 2.60. The topological polar surface area (TPSA) is 46.5 Å². The molecule has 0 bridgehead atoms. The molecule has 0 saturated heterocycles. The molecule has 0 heterocycles. The van der Waals surface area contributed by atoms with Crippen LogP contribution in [0.15, 0.2) is 16.6 Å². The van der Waals surface area contributed by atoms with Crippen LogP contribution in [0.5, 0.6) is 5.75 Å². The first kappa shape index (κ1) is 14.5. The number of carbonyl (C=O) groups is 1. The van der Waals surface area contributed by atoms with Crippen molar-refractivity contribution in [3.8, 4) is 5.75 Å². The average Bonchev–Trinajstić information content (AvgIpc) is 2.37. The molecule has 0 amide bonds. The van der Waals surface area contributed by atoms with Gasteiger partial charge in [0.2, 0.25) is 0 Å². The number of halogens is 1. The summed E-state index contributed by atoms with van der Waals surface area (Å²) in [6.45, 7) is 2.16. The second-order valence-corrected chi connectivity index (χ2v) is 6.25. The Kier molecular flexibility index (Phi) is 4.63. The van der Waals surface area contributed by atoms with Crippen LogP contribution in [-0.2, 0) is 0 Å². The predicted molar refractivity (Wildman–Crippen MR) is 77.8 cm³/mol. The molecule has 0 spiro atoms. The Morgan fingerprint density at radius 3 is 2.68 bits per heavy atom. The third kappa shape index (κ3) is 3.57. The SMILES string of the molecule is Cc1cc(Br)cc(C=O)c1OCC1(O)CCCCC1. The highest BCUT2D eigenvalue weighted by atomic mass is 79.9. The van der Waals surface area contributed by atoms with E-state index in [1.54, 1.807) is 6.07 Å². The van der Waals surface area contributed by atoms with Gasteiger partial charge in [0.25, 0.3) is 0 Å². The number of carbonyl (C=O) groups excluding carboxylic acids is 1. The van der Waals surface area contributed by atoms with Gasteiger partial charge in [-0.15, -0.1) is 0 Å². The molecular formula is C15H19BrO3. The number of benzene rings is 1. The fourth-order valence-corrected chi connectivity index (χ4v) is 3.19. The van der Waals surface area contributed by atoms with E-state index < -0.39 is 5.60 Å². The van der Waals surface area contributed by atoms with Crippen LogP contribution in [0.2, 0.25) is 0 Å². The highest BCUT2D eigenvalue weighted by molar-refractivity contribution is 9.10. The Hall–Kier alpha value is -0.870. The maximum Gasteiger partial charge on any atom is 0.153 e. The van der Waals surface area contributed by atoms with Gasteiger partial charge in [0.05, 0.1) is 11.2 Å². The van der Waals surface area contributed by atoms with E-state index in [0.29, 0.717) is 11.3 Å². The zero-order valence-electron chi connectivity index (χ0n) is 11.1. The molecule has 1 fully saturated rings. The second-order valence-electron chi connectivity index (χ2n) is 5.33. The van der Waals surface area contributed by atoms with Gasteiger partial charge in [0.15, 0.2) is 6.29 Å². The summed E-state index contributed by atoms with van der Waals surface area (Å²) in [6, 6.07) is 3.65. The van der Waals surface area contributed by atoms with Gasteiger partial charge in [0, 0.05) is 4.47 Å². The summed E-state index contributed by atoms with van der Waals surface area (Å²) in [5, 5.41) is 10.4. The number of aliphatic hydroxyl groups is 1. The Morgan fingerprint density at radius 1 is 1.37 bits per heavy atom. The van der Waals surface area contributed by atoms with Crippen LogP contribution < -0.4 is 4.74 Å². The molecule has 0 aromatic heterocycles. The van der Waals surface area contributed by atoms with Crippen molar-refractivity contribution in [2.24, 2.45) is 0 Å². The van der Waals surface area contributed by atoms with Crippen LogP contribution in [0.25, 0.3) is 0 Å². The zero-order valence-corrected chi connectivity index (χ0v) is 12.7. The van der Waals surface area contributed by atoms with Crippen molar-refractivity contribution in [2.45, 2.75) is 44.6 Å². The van der Waals surface area contributed by atoms with Crippen molar-refractivity contribution in [2.75, 3.05) is 6.61 Å². The van der Waals surface area contributed by atoms with Crippen LogP contribution in [0.1, 0.15) is 48.0 Å². The van der Waals surface area contributed by atoms with Crippen molar-refractivity contribution in [1.29, 1.82) is 0 Å². The van der Waals surface area contributed by atoms with Gasteiger partial charge < -0.3 is 9.84 Å². The molecule has 1 saturated carbocycles. The number of ether oxygens (including phenoxy) is 1. The minimum absolute atomic E-state index is 0.260. The minimum Gasteiger partial charge on any atom is -0.490 e. The maximum atomic E-state index is 11.1. The van der Waals surface area contributed by atoms with Gasteiger partial charge in [-0.05, 0) is 37.5 Å². The molecule has 3 nitrogen and oxygen atoms in total. The Labute approximate surface area is 122 Å². The van der Waals surface area contributed by atoms with Gasteiger partial charge in [-0.3, -0.25) is 4.79 Å². The number of hydrogen-bond donors (Lipinski definition) is 1. The van der Waals surface area contributed by atoms with Crippen LogP contribution in [0.4, 0.5) is 0 Å². The van der Waals surface area contributed by atoms with Crippen molar-refractivity contribution in [3.05, 3.63) is 27.7 Å². The maximum absolute atomic E-state index is 11.1. The molecule has 19 heavy (non-hydrogen) atoms. The van der Waals surface area contributed by atoms with E-state index in [0.717, 1.165) is 42.0 Å². The molecule has 1 aromatic rings. The molecule has 0 atom stereocenters. The molecule has 4 heteroatoms. The quantitative estimate of drug-likeness (QED) is 0.859. The molecular weight excluding hydrogens is 308 g/mol. The summed E-state index contributed by atoms with van der Waals surface area (Å²) >= 11 is 3.36. The Balaban J connectivity index is 2.12. The summed E-state index contributed by atoms with van der Waals surface area (Å²) in [4.78, 5) is 11.1. The summed E-state index contributed by atoms with van der Waals surface area (Å²) in [5.74, 6) is 0.581. The standard InChI is InChI=1S/C15H19BrO3/c1-11-7-13(16)8-12(9-17)14(11)19-10-15(18)5-3-2-4-6-15/h7-9,18H,2-6,10H2,1H3. The molecule has 0 unspecified atom stereocenters. The summed E-state index contributed by atoms with van der Waals surface area (Å²) < 4.78 is 6.61. The monoisotopic (exact) mass is 326 g/mol. The molecule has 2 rings (SSSR count). The van der Waals surface area contributed by atoms with Gasteiger partial charge in [-0.25, -0.2) is 0 Å². The highest BCUT2D eigenvalue weighted by Gasteiger charge is 2.30. The summed E-state index contributed by atoms with van der Waals surface area (Å²) in [5.41, 5.74) is 0.680. The second kappa shape index (κ2) is 6.06. The lowest BCUT2D eigenvalue weighted by Crippen LogP contribution is -2.38. The van der Waals surface area contributed by atoms with Crippen molar-refractivity contribution >= 4 is 22.2 Å². The van der Waals surface area contributed by atoms with Crippen LogP contribution in [-0.4, -0.2) is 23.6 Å². The van der Waals surface area contributed by atoms with Gasteiger partial charge in [-0.1, -0.05) is 35.2 Å². The lowest BCUT2D eigenvalue weighted by atomic mass is 9.85. The first-order chi connectivity index (χ1) is 9.04. The number of aryl methyl sites for hydroxylation is 1. The molecule has 0 aliphatic heterocycles. The minimum atomic E-state index is -0.738. The first-order valence-electron chi connectivity index (χ1n) is 6.65. The van der Waals surface area contributed by atoms with E-state index in [1.807, 2.05) is 13.0 Å². The predicted octanol–water partition coefficient (Wildman–Crippen LogP) is 3.64. The highest BCUT2D eigenvalue weighted by Crippen LogP contribution is 2.31. The molecule has 0 radical (unpaired) electrons. The van der Waals surface area contributed by atoms with Gasteiger partial charge in [0.1, 0.15) is 12.4 Å². The Bertz CT molecular complexity index is 465. The molecule has 104 valence electrons. The van der Waals surface area contributed by atoms with E-state index in [-0.39, 0.29) is 6.61 Å². The third-order valence-corrected chi connectivity index (χ3v) is 4.12. The number of aldehydes is 1. The number of hydrogen-bond acceptors (Lipinski definition) is 3. The molecule has 1 aromatic carbocycles. The lowest BCUT2D eigenvalue weighted by Gasteiger charge is -2.32. The van der Waals surface area contributed by atoms with Crippen molar-refractivity contribution < 1.29 is 14.6 Å². The summed E-state index contributed by atoms with van der Waals surface area (Å²) in [7, 11) is 0. The smallest absolute Gasteiger partial charge is 0.153 e. The zero-order chi connectivity index (χ0) is 13.9. The van der Waals surface area contributed by atoms with E-state index >= 15 is 0 Å². The fraction of sp³-hybridized carbons (Fsp3) is 0.533. The van der Waals surface area contributed by atoms with Crippen LogP contribution >= 0.6 is 15.9 Å². The van der Waals surface area contributed by atoms with Crippen LogP contribution in [0.3, 0.4) is 0 Å². The molecule has 1 aliphatic carbocycles. The first-order valence-corrected chi connectivity index (χ1v) is 7.44. The van der Waals surface area contributed by atoms with Gasteiger partial charge >= 0.3 is 0 Å². The molecule has 1 aliphatic rings. The average molecular weight is 327 g/mol. The third-order valence-electron chi connectivity index (χ3n) is 3.66.